The zero-order valence-corrected chi connectivity index (χ0v) is 23.2. The Morgan fingerprint density at radius 3 is 2.42 bits per heavy atom. The van der Waals surface area contributed by atoms with Crippen LogP contribution < -0.4 is 5.32 Å². The first-order chi connectivity index (χ1) is 17.2. The van der Waals surface area contributed by atoms with E-state index >= 15 is 0 Å². The van der Waals surface area contributed by atoms with Crippen molar-refractivity contribution < 1.29 is 23.9 Å². The summed E-state index contributed by atoms with van der Waals surface area (Å²) in [5.74, 6) is -0.784. The van der Waals surface area contributed by atoms with Crippen LogP contribution >= 0.6 is 34.4 Å². The third-order valence-electron chi connectivity index (χ3n) is 5.23. The minimum absolute atomic E-state index is 0.0187. The lowest BCUT2D eigenvalue weighted by molar-refractivity contribution is -0.113. The number of aromatic nitrogens is 3. The van der Waals surface area contributed by atoms with Crippen LogP contribution in [-0.4, -0.2) is 51.6 Å². The number of nitrogens with one attached hydrogen (secondary N) is 1. The molecule has 0 atom stereocenters. The van der Waals surface area contributed by atoms with E-state index in [1.54, 1.807) is 38.2 Å². The number of carbonyl (C=O) groups is 3. The molecule has 1 amide bonds. The van der Waals surface area contributed by atoms with E-state index in [0.29, 0.717) is 17.3 Å². The topological polar surface area (TPSA) is 112 Å². The highest BCUT2D eigenvalue weighted by molar-refractivity contribution is 7.99. The minimum atomic E-state index is -0.610. The molecule has 0 fully saturated rings. The number of allylic oxidation sites excluding steroid dienone is 1. The largest absolute Gasteiger partial charge is 0.462 e. The maximum absolute atomic E-state index is 12.9. The van der Waals surface area contributed by atoms with Gasteiger partial charge in [-0.15, -0.1) is 39.4 Å². The minimum Gasteiger partial charge on any atom is -0.462 e. The van der Waals surface area contributed by atoms with Gasteiger partial charge in [0.1, 0.15) is 9.88 Å². The highest BCUT2D eigenvalue weighted by atomic mass is 32.2. The van der Waals surface area contributed by atoms with Crippen molar-refractivity contribution in [3.05, 3.63) is 44.5 Å². The summed E-state index contributed by atoms with van der Waals surface area (Å²) in [6, 6.07) is 0. The second kappa shape index (κ2) is 12.3. The summed E-state index contributed by atoms with van der Waals surface area (Å²) in [4.78, 5) is 39.2. The second-order valence-electron chi connectivity index (χ2n) is 7.57. The summed E-state index contributed by atoms with van der Waals surface area (Å²) >= 11 is 3.86. The molecular weight excluding hydrogens is 520 g/mol. The van der Waals surface area contributed by atoms with E-state index < -0.39 is 11.9 Å². The average molecular weight is 549 g/mol. The zero-order chi connectivity index (χ0) is 26.4. The predicted molar refractivity (Wildman–Crippen MR) is 143 cm³/mol. The van der Waals surface area contributed by atoms with Crippen LogP contribution in [-0.2, 0) is 20.8 Å². The number of rotatable bonds is 11. The van der Waals surface area contributed by atoms with Crippen molar-refractivity contribution in [1.82, 2.24) is 14.8 Å². The second-order valence-corrected chi connectivity index (χ2v) is 10.6. The first kappa shape index (κ1) is 27.6. The van der Waals surface area contributed by atoms with Crippen molar-refractivity contribution in [1.29, 1.82) is 0 Å². The number of ether oxygens (including phenoxy) is 2. The molecule has 0 aliphatic rings. The van der Waals surface area contributed by atoms with Gasteiger partial charge in [0.15, 0.2) is 11.0 Å². The molecule has 36 heavy (non-hydrogen) atoms. The third-order valence-corrected chi connectivity index (χ3v) is 8.39. The SMILES string of the molecule is C=CCn1c(SCC(=O)Nc2sc(C(=O)OCC)c(C)c2C(=O)OCC)nnc1-c1csc(C)c1C. The smallest absolute Gasteiger partial charge is 0.348 e. The van der Waals surface area contributed by atoms with E-state index in [0.717, 1.165) is 28.3 Å². The number of nitrogens with zero attached hydrogens (tertiary/aromatic N) is 3. The molecular formula is C24H28N4O5S3. The van der Waals surface area contributed by atoms with E-state index in [4.69, 9.17) is 9.47 Å². The zero-order valence-electron chi connectivity index (χ0n) is 20.8. The van der Waals surface area contributed by atoms with E-state index in [1.807, 2.05) is 16.9 Å². The Morgan fingerprint density at radius 1 is 1.11 bits per heavy atom. The van der Waals surface area contributed by atoms with Crippen LogP contribution in [0.25, 0.3) is 11.4 Å². The predicted octanol–water partition coefficient (Wildman–Crippen LogP) is 5.26. The number of hydrogen-bond donors (Lipinski definition) is 1. The van der Waals surface area contributed by atoms with Crippen molar-refractivity contribution in [3.63, 3.8) is 0 Å². The van der Waals surface area contributed by atoms with Crippen LogP contribution in [0.4, 0.5) is 5.00 Å². The molecule has 3 heterocycles. The summed E-state index contributed by atoms with van der Waals surface area (Å²) in [6.45, 7) is 13.8. The molecule has 0 saturated heterocycles. The average Bonchev–Trinajstić information content (AvgIpc) is 3.48. The van der Waals surface area contributed by atoms with Crippen LogP contribution in [0.1, 0.15) is 49.9 Å². The molecule has 0 radical (unpaired) electrons. The Hall–Kier alpha value is -2.96. The summed E-state index contributed by atoms with van der Waals surface area (Å²) in [7, 11) is 0. The Bertz CT molecular complexity index is 1290. The summed E-state index contributed by atoms with van der Waals surface area (Å²) in [6.07, 6.45) is 1.75. The normalized spacial score (nSPS) is 10.8. The van der Waals surface area contributed by atoms with Crippen LogP contribution in [0.2, 0.25) is 0 Å². The highest BCUT2D eigenvalue weighted by Gasteiger charge is 2.27. The fourth-order valence-electron chi connectivity index (χ4n) is 3.36. The van der Waals surface area contributed by atoms with Gasteiger partial charge < -0.3 is 14.8 Å². The van der Waals surface area contributed by atoms with Crippen molar-refractivity contribution in [2.24, 2.45) is 0 Å². The lowest BCUT2D eigenvalue weighted by Crippen LogP contribution is -2.17. The molecule has 12 heteroatoms. The van der Waals surface area contributed by atoms with Crippen LogP contribution in [0.5, 0.6) is 0 Å². The number of anilines is 1. The fourth-order valence-corrected chi connectivity index (χ4v) is 6.07. The van der Waals surface area contributed by atoms with Crippen molar-refractivity contribution in [2.75, 3.05) is 24.3 Å². The van der Waals surface area contributed by atoms with Gasteiger partial charge in [-0.2, -0.15) is 0 Å². The van der Waals surface area contributed by atoms with Gasteiger partial charge in [0.2, 0.25) is 5.91 Å². The molecule has 0 unspecified atom stereocenters. The van der Waals surface area contributed by atoms with Gasteiger partial charge in [0.25, 0.3) is 0 Å². The van der Waals surface area contributed by atoms with Crippen LogP contribution in [0.15, 0.2) is 23.2 Å². The number of thiophene rings is 2. The molecule has 1 N–H and O–H groups in total. The molecule has 0 spiro atoms. The number of amides is 1. The fraction of sp³-hybridized carbons (Fsp3) is 0.375. The Kier molecular flexibility index (Phi) is 9.46. The van der Waals surface area contributed by atoms with Gasteiger partial charge in [-0.25, -0.2) is 9.59 Å². The lowest BCUT2D eigenvalue weighted by atomic mass is 10.1. The van der Waals surface area contributed by atoms with Crippen molar-refractivity contribution >= 4 is 57.3 Å². The molecule has 9 nitrogen and oxygen atoms in total. The van der Waals surface area contributed by atoms with Crippen LogP contribution in [0, 0.1) is 20.8 Å². The molecule has 3 aromatic heterocycles. The van der Waals surface area contributed by atoms with Crippen LogP contribution in [0.3, 0.4) is 0 Å². The maximum atomic E-state index is 12.9. The standard InChI is InChI=1S/C24H28N4O5S3/c1-7-10-28-20(16-11-34-15(6)13(16)4)26-27-24(28)35-12-17(29)25-21-18(22(30)32-8-2)14(5)19(36-21)23(31)33-9-3/h7,11H,1,8-10,12H2,2-6H3,(H,25,29). The lowest BCUT2D eigenvalue weighted by Gasteiger charge is -2.09. The molecule has 0 bridgehead atoms. The van der Waals surface area contributed by atoms with E-state index in [9.17, 15) is 14.4 Å². The highest BCUT2D eigenvalue weighted by Crippen LogP contribution is 2.35. The molecule has 3 rings (SSSR count). The Balaban J connectivity index is 1.81. The molecule has 0 aliphatic heterocycles. The Labute approximate surface area is 221 Å². The van der Waals surface area contributed by atoms with Crippen molar-refractivity contribution in [3.8, 4) is 11.4 Å². The van der Waals surface area contributed by atoms with Gasteiger partial charge in [-0.3, -0.25) is 9.36 Å². The molecule has 0 aromatic carbocycles. The molecule has 0 aliphatic carbocycles. The first-order valence-electron chi connectivity index (χ1n) is 11.2. The van der Waals surface area contributed by atoms with Gasteiger partial charge in [-0.1, -0.05) is 17.8 Å². The third kappa shape index (κ3) is 5.88. The van der Waals surface area contributed by atoms with Gasteiger partial charge in [-0.05, 0) is 45.7 Å². The molecule has 192 valence electrons. The Morgan fingerprint density at radius 2 is 1.81 bits per heavy atom. The number of esters is 2. The quantitative estimate of drug-likeness (QED) is 0.196. The summed E-state index contributed by atoms with van der Waals surface area (Å²) in [5.41, 5.74) is 2.71. The van der Waals surface area contributed by atoms with E-state index in [1.165, 1.54) is 16.6 Å². The number of hydrogen-bond acceptors (Lipinski definition) is 10. The van der Waals surface area contributed by atoms with Gasteiger partial charge >= 0.3 is 11.9 Å². The maximum Gasteiger partial charge on any atom is 0.348 e. The summed E-state index contributed by atoms with van der Waals surface area (Å²) < 4.78 is 12.1. The van der Waals surface area contributed by atoms with E-state index in [-0.39, 0.29) is 40.3 Å². The van der Waals surface area contributed by atoms with E-state index in [2.05, 4.69) is 29.0 Å². The number of carbonyl (C=O) groups excluding carboxylic acids is 3. The molecule has 0 saturated carbocycles. The number of aryl methyl sites for hydroxylation is 1. The monoisotopic (exact) mass is 548 g/mol. The summed E-state index contributed by atoms with van der Waals surface area (Å²) in [5, 5.41) is 14.3. The first-order valence-corrected chi connectivity index (χ1v) is 13.9. The van der Waals surface area contributed by atoms with Crippen molar-refractivity contribution in [2.45, 2.75) is 46.3 Å². The van der Waals surface area contributed by atoms with Gasteiger partial charge in [0.05, 0.1) is 24.5 Å². The molecule has 3 aromatic rings. The van der Waals surface area contributed by atoms with Gasteiger partial charge in [0, 0.05) is 22.4 Å². The number of thioether (sulfide) groups is 1.